The number of nitriles is 1. The molecule has 1 rings (SSSR count). The van der Waals surface area contributed by atoms with Gasteiger partial charge in [-0.25, -0.2) is 0 Å². The van der Waals surface area contributed by atoms with Crippen LogP contribution in [0.25, 0.3) is 0 Å². The van der Waals surface area contributed by atoms with E-state index in [0.29, 0.717) is 19.4 Å². The summed E-state index contributed by atoms with van der Waals surface area (Å²) in [5.74, 6) is -0.346. The molecule has 0 unspecified atom stereocenters. The third kappa shape index (κ3) is 3.96. The zero-order chi connectivity index (χ0) is 15.0. The first-order chi connectivity index (χ1) is 9.59. The Bertz CT molecular complexity index is 379. The molecule has 5 heteroatoms. The van der Waals surface area contributed by atoms with Crippen molar-refractivity contribution in [3.8, 4) is 6.07 Å². The monoisotopic (exact) mass is 279 g/mol. The first kappa shape index (κ1) is 16.5. The second-order valence-electron chi connectivity index (χ2n) is 5.51. The molecule has 0 aromatic heterocycles. The number of likely N-dealkylation sites (N-methyl/N-ethyl adjacent to an activating group) is 1. The second-order valence-corrected chi connectivity index (χ2v) is 5.51. The van der Waals surface area contributed by atoms with Crippen molar-refractivity contribution in [3.05, 3.63) is 0 Å². The molecule has 1 N–H and O–H groups in total. The maximum atomic E-state index is 12.8. The second kappa shape index (κ2) is 7.88. The van der Waals surface area contributed by atoms with Crippen LogP contribution in [0.4, 0.5) is 0 Å². The lowest BCUT2D eigenvalue weighted by Crippen LogP contribution is -2.47. The van der Waals surface area contributed by atoms with E-state index in [-0.39, 0.29) is 18.4 Å². The molecule has 1 aliphatic rings. The van der Waals surface area contributed by atoms with Gasteiger partial charge in [0.25, 0.3) is 0 Å². The van der Waals surface area contributed by atoms with Crippen LogP contribution in [0.15, 0.2) is 0 Å². The standard InChI is InChI=1S/C15H25N3O2/c1-3-10-18(11-13(19)17-2)14(20)15(12-16)8-6-4-5-7-9-15/h3-11H2,1-2H3,(H,17,19). The normalized spacial score (nSPS) is 17.6. The Labute approximate surface area is 121 Å². The van der Waals surface area contributed by atoms with Crippen molar-refractivity contribution in [2.75, 3.05) is 20.1 Å². The Balaban J connectivity index is 2.89. The number of rotatable bonds is 5. The minimum absolute atomic E-state index is 0.0482. The van der Waals surface area contributed by atoms with Crippen LogP contribution < -0.4 is 5.32 Å². The summed E-state index contributed by atoms with van der Waals surface area (Å²) in [4.78, 5) is 25.9. The van der Waals surface area contributed by atoms with Gasteiger partial charge in [-0.3, -0.25) is 9.59 Å². The lowest BCUT2D eigenvalue weighted by Gasteiger charge is -2.31. The molecule has 0 atom stereocenters. The fourth-order valence-electron chi connectivity index (χ4n) is 2.78. The number of amides is 2. The molecule has 0 aromatic rings. The summed E-state index contributed by atoms with van der Waals surface area (Å²) in [7, 11) is 1.56. The maximum absolute atomic E-state index is 12.8. The van der Waals surface area contributed by atoms with Crippen LogP contribution >= 0.6 is 0 Å². The maximum Gasteiger partial charge on any atom is 0.243 e. The Hall–Kier alpha value is -1.57. The summed E-state index contributed by atoms with van der Waals surface area (Å²) in [6.45, 7) is 2.54. The van der Waals surface area contributed by atoms with Crippen molar-refractivity contribution in [1.29, 1.82) is 5.26 Å². The zero-order valence-electron chi connectivity index (χ0n) is 12.6. The lowest BCUT2D eigenvalue weighted by atomic mass is 9.80. The smallest absolute Gasteiger partial charge is 0.243 e. The van der Waals surface area contributed by atoms with Gasteiger partial charge in [0.05, 0.1) is 12.6 Å². The number of hydrogen-bond donors (Lipinski definition) is 1. The fourth-order valence-corrected chi connectivity index (χ4v) is 2.78. The number of nitrogens with zero attached hydrogens (tertiary/aromatic N) is 2. The molecule has 5 nitrogen and oxygen atoms in total. The van der Waals surface area contributed by atoms with Crippen LogP contribution in [0, 0.1) is 16.7 Å². The minimum atomic E-state index is -0.917. The van der Waals surface area contributed by atoms with E-state index in [1.807, 2.05) is 6.92 Å². The molecular weight excluding hydrogens is 254 g/mol. The Morgan fingerprint density at radius 2 is 1.85 bits per heavy atom. The molecule has 2 amide bonds. The Morgan fingerprint density at radius 1 is 1.25 bits per heavy atom. The van der Waals surface area contributed by atoms with E-state index in [4.69, 9.17) is 0 Å². The number of nitrogens with one attached hydrogen (secondary N) is 1. The molecule has 20 heavy (non-hydrogen) atoms. The molecule has 0 aromatic carbocycles. The molecule has 0 saturated heterocycles. The van der Waals surface area contributed by atoms with Crippen LogP contribution in [-0.4, -0.2) is 36.9 Å². The van der Waals surface area contributed by atoms with Crippen LogP contribution in [0.2, 0.25) is 0 Å². The molecule has 0 aliphatic heterocycles. The molecule has 0 heterocycles. The highest BCUT2D eigenvalue weighted by Gasteiger charge is 2.41. The van der Waals surface area contributed by atoms with Gasteiger partial charge in [-0.2, -0.15) is 5.26 Å². The van der Waals surface area contributed by atoms with Gasteiger partial charge in [0.2, 0.25) is 11.8 Å². The molecule has 1 saturated carbocycles. The molecule has 112 valence electrons. The SMILES string of the molecule is CCCN(CC(=O)NC)C(=O)C1(C#N)CCCCCC1. The first-order valence-electron chi connectivity index (χ1n) is 7.51. The van der Waals surface area contributed by atoms with E-state index in [1.165, 1.54) is 0 Å². The van der Waals surface area contributed by atoms with Crippen LogP contribution in [0.1, 0.15) is 51.9 Å². The van der Waals surface area contributed by atoms with Gasteiger partial charge >= 0.3 is 0 Å². The molecular formula is C15H25N3O2. The van der Waals surface area contributed by atoms with Crippen molar-refractivity contribution < 1.29 is 9.59 Å². The van der Waals surface area contributed by atoms with Crippen molar-refractivity contribution in [1.82, 2.24) is 10.2 Å². The lowest BCUT2D eigenvalue weighted by molar-refractivity contribution is -0.143. The van der Waals surface area contributed by atoms with Gasteiger partial charge in [-0.05, 0) is 19.3 Å². The summed E-state index contributed by atoms with van der Waals surface area (Å²) in [5.41, 5.74) is -0.917. The van der Waals surface area contributed by atoms with Gasteiger partial charge in [0, 0.05) is 13.6 Å². The average Bonchev–Trinajstić information content (AvgIpc) is 2.72. The van der Waals surface area contributed by atoms with Crippen molar-refractivity contribution >= 4 is 11.8 Å². The molecule has 1 fully saturated rings. The fraction of sp³-hybridized carbons (Fsp3) is 0.800. The van der Waals surface area contributed by atoms with Crippen molar-refractivity contribution in [3.63, 3.8) is 0 Å². The summed E-state index contributed by atoms with van der Waals surface area (Å²) in [6, 6.07) is 2.26. The van der Waals surface area contributed by atoms with Gasteiger partial charge in [0.1, 0.15) is 5.41 Å². The van der Waals surface area contributed by atoms with Crippen molar-refractivity contribution in [2.45, 2.75) is 51.9 Å². The number of hydrogen-bond acceptors (Lipinski definition) is 3. The highest BCUT2D eigenvalue weighted by molar-refractivity contribution is 5.89. The topological polar surface area (TPSA) is 73.2 Å². The van der Waals surface area contributed by atoms with E-state index in [2.05, 4.69) is 11.4 Å². The van der Waals surface area contributed by atoms with Gasteiger partial charge in [0.15, 0.2) is 0 Å². The predicted octanol–water partition coefficient (Wildman–Crippen LogP) is 1.84. The van der Waals surface area contributed by atoms with E-state index in [1.54, 1.807) is 11.9 Å². The number of carbonyl (C=O) groups is 2. The van der Waals surface area contributed by atoms with Gasteiger partial charge < -0.3 is 10.2 Å². The molecule has 0 bridgehead atoms. The van der Waals surface area contributed by atoms with Crippen LogP contribution in [0.3, 0.4) is 0 Å². The van der Waals surface area contributed by atoms with E-state index in [0.717, 1.165) is 32.1 Å². The Morgan fingerprint density at radius 3 is 2.30 bits per heavy atom. The van der Waals surface area contributed by atoms with Crippen LogP contribution in [-0.2, 0) is 9.59 Å². The van der Waals surface area contributed by atoms with E-state index in [9.17, 15) is 14.9 Å². The van der Waals surface area contributed by atoms with E-state index >= 15 is 0 Å². The highest BCUT2D eigenvalue weighted by Crippen LogP contribution is 2.36. The third-order valence-corrected chi connectivity index (χ3v) is 3.97. The van der Waals surface area contributed by atoms with Gasteiger partial charge in [-0.1, -0.05) is 32.6 Å². The van der Waals surface area contributed by atoms with Crippen LogP contribution in [0.5, 0.6) is 0 Å². The van der Waals surface area contributed by atoms with Crippen molar-refractivity contribution in [2.24, 2.45) is 5.41 Å². The molecule has 0 radical (unpaired) electrons. The first-order valence-corrected chi connectivity index (χ1v) is 7.51. The largest absolute Gasteiger partial charge is 0.358 e. The summed E-state index contributed by atoms with van der Waals surface area (Å²) >= 11 is 0. The zero-order valence-corrected chi connectivity index (χ0v) is 12.6. The highest BCUT2D eigenvalue weighted by atomic mass is 16.2. The summed E-state index contributed by atoms with van der Waals surface area (Å²) in [5, 5.41) is 12.1. The summed E-state index contributed by atoms with van der Waals surface area (Å²) < 4.78 is 0. The molecule has 0 spiro atoms. The quantitative estimate of drug-likeness (QED) is 0.780. The van der Waals surface area contributed by atoms with E-state index < -0.39 is 5.41 Å². The minimum Gasteiger partial charge on any atom is -0.358 e. The average molecular weight is 279 g/mol. The van der Waals surface area contributed by atoms with Gasteiger partial charge in [-0.15, -0.1) is 0 Å². The number of carbonyl (C=O) groups excluding carboxylic acids is 2. The summed E-state index contributed by atoms with van der Waals surface area (Å²) in [6.07, 6.45) is 6.02. The third-order valence-electron chi connectivity index (χ3n) is 3.97. The Kier molecular flexibility index (Phi) is 6.50. The predicted molar refractivity (Wildman–Crippen MR) is 76.7 cm³/mol. The molecule has 1 aliphatic carbocycles.